The molecule has 3 aromatic rings. The van der Waals surface area contributed by atoms with Gasteiger partial charge in [-0.3, -0.25) is 4.79 Å². The lowest BCUT2D eigenvalue weighted by atomic mass is 10.2. The van der Waals surface area contributed by atoms with E-state index in [4.69, 9.17) is 21.1 Å². The molecule has 0 aliphatic rings. The van der Waals surface area contributed by atoms with E-state index in [0.717, 1.165) is 9.87 Å². The molecule has 0 aliphatic carbocycles. The molecule has 0 unspecified atom stereocenters. The predicted octanol–water partition coefficient (Wildman–Crippen LogP) is 4.58. The average molecular weight is 489 g/mol. The Morgan fingerprint density at radius 1 is 1.00 bits per heavy atom. The normalized spacial score (nSPS) is 11.3. The zero-order valence-electron chi connectivity index (χ0n) is 18.3. The van der Waals surface area contributed by atoms with E-state index in [1.165, 1.54) is 19.2 Å². The number of amides is 1. The third-order valence-corrected chi connectivity index (χ3v) is 6.71. The number of likely N-dealkylation sites (N-methyl/N-ethyl adjacent to an activating group) is 1. The molecule has 1 N–H and O–H groups in total. The minimum absolute atomic E-state index is 0.0907. The molecule has 0 saturated carbocycles. The van der Waals surface area contributed by atoms with Crippen LogP contribution in [-0.4, -0.2) is 38.8 Å². The number of halogens is 1. The first-order chi connectivity index (χ1) is 15.8. The van der Waals surface area contributed by atoms with Gasteiger partial charge in [-0.2, -0.15) is 4.31 Å². The highest BCUT2D eigenvalue weighted by Crippen LogP contribution is 2.29. The van der Waals surface area contributed by atoms with Gasteiger partial charge in [-0.15, -0.1) is 0 Å². The van der Waals surface area contributed by atoms with Gasteiger partial charge in [0.1, 0.15) is 23.0 Å². The van der Waals surface area contributed by atoms with Gasteiger partial charge in [0.05, 0.1) is 13.2 Å². The van der Waals surface area contributed by atoms with Crippen LogP contribution in [0.4, 0.5) is 5.69 Å². The molecular weight excluding hydrogens is 464 g/mol. The SMILES string of the molecule is CCOc1ccc(Cl)cc1S(=O)(=O)N(C)CC(=O)Nc1ccc(OCc2ccccc2)cc1. The first-order valence-electron chi connectivity index (χ1n) is 10.2. The van der Waals surface area contributed by atoms with E-state index in [2.05, 4.69) is 5.32 Å². The van der Waals surface area contributed by atoms with Crippen molar-refractivity contribution in [3.8, 4) is 11.5 Å². The quantitative estimate of drug-likeness (QED) is 0.451. The first-order valence-corrected chi connectivity index (χ1v) is 12.1. The van der Waals surface area contributed by atoms with E-state index >= 15 is 0 Å². The summed E-state index contributed by atoms with van der Waals surface area (Å²) in [5.41, 5.74) is 1.57. The molecule has 1 amide bonds. The van der Waals surface area contributed by atoms with Crippen LogP contribution in [0.1, 0.15) is 12.5 Å². The van der Waals surface area contributed by atoms with Crippen LogP contribution in [-0.2, 0) is 21.4 Å². The highest BCUT2D eigenvalue weighted by atomic mass is 35.5. The molecule has 0 aliphatic heterocycles. The standard InChI is InChI=1S/C24H25ClN2O5S/c1-3-31-22-14-9-19(25)15-23(22)33(29,30)27(2)16-24(28)26-20-10-12-21(13-11-20)32-17-18-7-5-4-6-8-18/h4-15H,3,16-17H2,1-2H3,(H,26,28). The maximum atomic E-state index is 13.0. The summed E-state index contributed by atoms with van der Waals surface area (Å²) in [6.07, 6.45) is 0. The lowest BCUT2D eigenvalue weighted by molar-refractivity contribution is -0.116. The van der Waals surface area contributed by atoms with E-state index in [9.17, 15) is 13.2 Å². The largest absolute Gasteiger partial charge is 0.492 e. The highest BCUT2D eigenvalue weighted by Gasteiger charge is 2.27. The summed E-state index contributed by atoms with van der Waals surface area (Å²) in [5, 5.41) is 2.94. The second kappa shape index (κ2) is 11.2. The zero-order chi connectivity index (χ0) is 23.8. The predicted molar refractivity (Wildman–Crippen MR) is 128 cm³/mol. The van der Waals surface area contributed by atoms with Crippen molar-refractivity contribution in [2.75, 3.05) is 25.5 Å². The number of anilines is 1. The summed E-state index contributed by atoms with van der Waals surface area (Å²) in [6, 6.07) is 21.0. The number of rotatable bonds is 10. The van der Waals surface area contributed by atoms with Gasteiger partial charge in [0.25, 0.3) is 0 Å². The summed E-state index contributed by atoms with van der Waals surface area (Å²) in [6.45, 7) is 2.09. The molecule has 0 saturated heterocycles. The number of benzene rings is 3. The van der Waals surface area contributed by atoms with Crippen molar-refractivity contribution in [2.24, 2.45) is 0 Å². The maximum Gasteiger partial charge on any atom is 0.247 e. The number of hydrogen-bond acceptors (Lipinski definition) is 5. The summed E-state index contributed by atoms with van der Waals surface area (Å²) < 4.78 is 38.1. The molecule has 174 valence electrons. The van der Waals surface area contributed by atoms with Gasteiger partial charge in [0.2, 0.25) is 15.9 Å². The fourth-order valence-corrected chi connectivity index (χ4v) is 4.51. The second-order valence-electron chi connectivity index (χ2n) is 7.13. The smallest absolute Gasteiger partial charge is 0.247 e. The number of nitrogens with zero attached hydrogens (tertiary/aromatic N) is 1. The topological polar surface area (TPSA) is 84.9 Å². The number of sulfonamides is 1. The number of ether oxygens (including phenoxy) is 2. The Balaban J connectivity index is 1.60. The lowest BCUT2D eigenvalue weighted by Crippen LogP contribution is -2.35. The number of carbonyl (C=O) groups is 1. The van der Waals surface area contributed by atoms with E-state index in [1.54, 1.807) is 37.3 Å². The Bertz CT molecular complexity index is 1190. The van der Waals surface area contributed by atoms with Crippen molar-refractivity contribution < 1.29 is 22.7 Å². The van der Waals surface area contributed by atoms with Crippen LogP contribution in [0.3, 0.4) is 0 Å². The maximum absolute atomic E-state index is 13.0. The lowest BCUT2D eigenvalue weighted by Gasteiger charge is -2.19. The monoisotopic (exact) mass is 488 g/mol. The van der Waals surface area contributed by atoms with Gasteiger partial charge in [0, 0.05) is 17.8 Å². The van der Waals surface area contributed by atoms with Crippen LogP contribution in [0.2, 0.25) is 5.02 Å². The van der Waals surface area contributed by atoms with Gasteiger partial charge in [0.15, 0.2) is 0 Å². The number of carbonyl (C=O) groups excluding carboxylic acids is 1. The molecule has 3 aromatic carbocycles. The minimum Gasteiger partial charge on any atom is -0.492 e. The zero-order valence-corrected chi connectivity index (χ0v) is 19.9. The van der Waals surface area contributed by atoms with E-state index in [0.29, 0.717) is 24.7 Å². The van der Waals surface area contributed by atoms with Gasteiger partial charge in [-0.05, 0) is 55.0 Å². The van der Waals surface area contributed by atoms with Crippen molar-refractivity contribution >= 4 is 33.2 Å². The van der Waals surface area contributed by atoms with Crippen molar-refractivity contribution in [1.82, 2.24) is 4.31 Å². The molecule has 0 bridgehead atoms. The molecule has 0 radical (unpaired) electrons. The molecule has 9 heteroatoms. The molecule has 33 heavy (non-hydrogen) atoms. The molecule has 0 spiro atoms. The number of nitrogens with one attached hydrogen (secondary N) is 1. The average Bonchev–Trinajstić information content (AvgIpc) is 2.80. The molecule has 0 heterocycles. The van der Waals surface area contributed by atoms with E-state index in [1.807, 2.05) is 30.3 Å². The fraction of sp³-hybridized carbons (Fsp3) is 0.208. The molecule has 7 nitrogen and oxygen atoms in total. The van der Waals surface area contributed by atoms with Gasteiger partial charge in [-0.1, -0.05) is 41.9 Å². The minimum atomic E-state index is -4.00. The van der Waals surface area contributed by atoms with Crippen LogP contribution in [0.15, 0.2) is 77.7 Å². The van der Waals surface area contributed by atoms with Crippen molar-refractivity contribution in [1.29, 1.82) is 0 Å². The van der Waals surface area contributed by atoms with Crippen LogP contribution < -0.4 is 14.8 Å². The van der Waals surface area contributed by atoms with E-state index < -0.39 is 15.9 Å². The Morgan fingerprint density at radius 2 is 1.70 bits per heavy atom. The first kappa shape index (κ1) is 24.6. The van der Waals surface area contributed by atoms with Crippen LogP contribution in [0.25, 0.3) is 0 Å². The third kappa shape index (κ3) is 6.71. The molecule has 0 aromatic heterocycles. The Kier molecular flexibility index (Phi) is 8.32. The summed E-state index contributed by atoms with van der Waals surface area (Å²) >= 11 is 5.98. The molecular formula is C24H25ClN2O5S. The van der Waals surface area contributed by atoms with Crippen LogP contribution in [0, 0.1) is 0 Å². The Morgan fingerprint density at radius 3 is 2.36 bits per heavy atom. The number of hydrogen-bond donors (Lipinski definition) is 1. The fourth-order valence-electron chi connectivity index (χ4n) is 2.99. The van der Waals surface area contributed by atoms with Crippen molar-refractivity contribution in [3.63, 3.8) is 0 Å². The van der Waals surface area contributed by atoms with E-state index in [-0.39, 0.29) is 22.2 Å². The second-order valence-corrected chi connectivity index (χ2v) is 9.58. The molecule has 0 atom stereocenters. The van der Waals surface area contributed by atoms with Crippen LogP contribution in [0.5, 0.6) is 11.5 Å². The summed E-state index contributed by atoms with van der Waals surface area (Å²) in [4.78, 5) is 12.4. The van der Waals surface area contributed by atoms with Crippen molar-refractivity contribution in [3.05, 3.63) is 83.4 Å². The summed E-state index contributed by atoms with van der Waals surface area (Å²) in [5.74, 6) is 0.347. The van der Waals surface area contributed by atoms with Gasteiger partial charge in [-0.25, -0.2) is 8.42 Å². The van der Waals surface area contributed by atoms with Gasteiger partial charge < -0.3 is 14.8 Å². The summed E-state index contributed by atoms with van der Waals surface area (Å²) in [7, 11) is -2.67. The van der Waals surface area contributed by atoms with Crippen molar-refractivity contribution in [2.45, 2.75) is 18.4 Å². The van der Waals surface area contributed by atoms with Gasteiger partial charge >= 0.3 is 0 Å². The molecule has 3 rings (SSSR count). The molecule has 0 fully saturated rings. The van der Waals surface area contributed by atoms with Crippen LogP contribution >= 0.6 is 11.6 Å². The Hall–Kier alpha value is -3.07. The highest BCUT2D eigenvalue weighted by molar-refractivity contribution is 7.89. The Labute approximate surface area is 198 Å². The third-order valence-electron chi connectivity index (χ3n) is 4.65.